The predicted octanol–water partition coefficient (Wildman–Crippen LogP) is 3.19. The second-order valence-corrected chi connectivity index (χ2v) is 9.63. The van der Waals surface area contributed by atoms with E-state index in [0.29, 0.717) is 49.1 Å². The van der Waals surface area contributed by atoms with E-state index in [1.54, 1.807) is 28.4 Å². The molecule has 4 rings (SSSR count). The van der Waals surface area contributed by atoms with Crippen molar-refractivity contribution in [3.05, 3.63) is 53.1 Å². The van der Waals surface area contributed by atoms with Crippen LogP contribution in [0.3, 0.4) is 0 Å². The van der Waals surface area contributed by atoms with Gasteiger partial charge in [-0.1, -0.05) is 25.1 Å². The van der Waals surface area contributed by atoms with Crippen LogP contribution >= 0.6 is 0 Å². The summed E-state index contributed by atoms with van der Waals surface area (Å²) in [6.07, 6.45) is 0.758. The van der Waals surface area contributed by atoms with Crippen molar-refractivity contribution >= 4 is 11.8 Å². The van der Waals surface area contributed by atoms with Gasteiger partial charge in [-0.2, -0.15) is 0 Å². The maximum absolute atomic E-state index is 14.4. The summed E-state index contributed by atoms with van der Waals surface area (Å²) in [7, 11) is 6.39. The summed E-state index contributed by atoms with van der Waals surface area (Å²) >= 11 is 0. The van der Waals surface area contributed by atoms with Crippen molar-refractivity contribution in [2.45, 2.75) is 25.3 Å². The van der Waals surface area contributed by atoms with Gasteiger partial charge >= 0.3 is 0 Å². The summed E-state index contributed by atoms with van der Waals surface area (Å²) in [5.74, 6) is 0.832. The molecule has 1 saturated heterocycles. The van der Waals surface area contributed by atoms with Crippen molar-refractivity contribution in [2.75, 3.05) is 74.3 Å². The van der Waals surface area contributed by atoms with Crippen LogP contribution in [0.15, 0.2) is 36.4 Å². The predicted molar refractivity (Wildman–Crippen MR) is 144 cm³/mol. The molecule has 2 heterocycles. The molecule has 2 amide bonds. The number of carbonyl (C=O) groups is 2. The lowest BCUT2D eigenvalue weighted by molar-refractivity contribution is -0.136. The van der Waals surface area contributed by atoms with Gasteiger partial charge in [0.2, 0.25) is 11.7 Å². The van der Waals surface area contributed by atoms with E-state index in [-0.39, 0.29) is 11.8 Å². The van der Waals surface area contributed by atoms with E-state index in [0.717, 1.165) is 37.2 Å². The second-order valence-electron chi connectivity index (χ2n) is 9.63. The SMILES string of the molecule is CCCN1C(=O)c2ccccc2[C@H](C(=O)N2CCN(CCOC)CC2)[C@H]1c1cc(OC)c(OC)c(OC)c1. The Kier molecular flexibility index (Phi) is 9.12. The van der Waals surface area contributed by atoms with Gasteiger partial charge in [0.05, 0.1) is 39.9 Å². The van der Waals surface area contributed by atoms with Crippen LogP contribution in [0, 0.1) is 0 Å². The number of hydrogen-bond acceptors (Lipinski definition) is 7. The number of methoxy groups -OCH3 is 4. The fourth-order valence-electron chi connectivity index (χ4n) is 5.60. The third-order valence-corrected chi connectivity index (χ3v) is 7.49. The van der Waals surface area contributed by atoms with Crippen molar-refractivity contribution < 1.29 is 28.5 Å². The Bertz CT molecular complexity index is 1110. The van der Waals surface area contributed by atoms with Crippen molar-refractivity contribution in [3.8, 4) is 17.2 Å². The number of nitrogens with zero attached hydrogens (tertiary/aromatic N) is 3. The summed E-state index contributed by atoms with van der Waals surface area (Å²) in [6, 6.07) is 10.7. The van der Waals surface area contributed by atoms with E-state index < -0.39 is 12.0 Å². The molecule has 2 aromatic rings. The molecule has 2 atom stereocenters. The number of amides is 2. The molecule has 2 aliphatic rings. The standard InChI is InChI=1S/C29H39N3O6/c1-6-11-32-26(20-18-23(36-3)27(38-5)24(19-20)37-4)25(21-9-7-8-10-22(21)28(32)33)29(34)31-14-12-30(13-15-31)16-17-35-2/h7-10,18-19,25-26H,6,11-17H2,1-5H3/t25-,26+/m0/s1. The smallest absolute Gasteiger partial charge is 0.254 e. The summed E-state index contributed by atoms with van der Waals surface area (Å²) in [6.45, 7) is 6.90. The third-order valence-electron chi connectivity index (χ3n) is 7.49. The fourth-order valence-corrected chi connectivity index (χ4v) is 5.60. The molecule has 0 unspecified atom stereocenters. The highest BCUT2D eigenvalue weighted by Crippen LogP contribution is 2.48. The summed E-state index contributed by atoms with van der Waals surface area (Å²) in [5, 5.41) is 0. The lowest BCUT2D eigenvalue weighted by atomic mass is 9.78. The van der Waals surface area contributed by atoms with Crippen LogP contribution in [0.25, 0.3) is 0 Å². The number of fused-ring (bicyclic) bond motifs is 1. The number of carbonyl (C=O) groups excluding carboxylic acids is 2. The Labute approximate surface area is 225 Å². The summed E-state index contributed by atoms with van der Waals surface area (Å²) in [4.78, 5) is 34.3. The van der Waals surface area contributed by atoms with E-state index in [2.05, 4.69) is 4.90 Å². The quantitative estimate of drug-likeness (QED) is 0.471. The van der Waals surface area contributed by atoms with E-state index in [1.165, 1.54) is 0 Å². The molecule has 0 spiro atoms. The number of piperazine rings is 1. The minimum atomic E-state index is -0.566. The Hall–Kier alpha value is -3.30. The Morgan fingerprint density at radius 3 is 2.16 bits per heavy atom. The first-order chi connectivity index (χ1) is 18.5. The lowest BCUT2D eigenvalue weighted by Gasteiger charge is -2.44. The van der Waals surface area contributed by atoms with Gasteiger partial charge in [-0.05, 0) is 35.7 Å². The molecular weight excluding hydrogens is 486 g/mol. The molecule has 2 aromatic carbocycles. The Morgan fingerprint density at radius 1 is 0.921 bits per heavy atom. The van der Waals surface area contributed by atoms with Crippen LogP contribution in [0.2, 0.25) is 0 Å². The van der Waals surface area contributed by atoms with Gasteiger partial charge < -0.3 is 28.7 Å². The highest BCUT2D eigenvalue weighted by molar-refractivity contribution is 6.01. The van der Waals surface area contributed by atoms with Crippen LogP contribution in [-0.4, -0.2) is 101 Å². The largest absolute Gasteiger partial charge is 0.493 e. The van der Waals surface area contributed by atoms with E-state index in [4.69, 9.17) is 18.9 Å². The molecule has 0 aromatic heterocycles. The molecule has 0 saturated carbocycles. The third kappa shape index (κ3) is 5.31. The molecule has 38 heavy (non-hydrogen) atoms. The molecule has 9 heteroatoms. The van der Waals surface area contributed by atoms with Crippen LogP contribution in [0.1, 0.15) is 46.8 Å². The van der Waals surface area contributed by atoms with Crippen LogP contribution in [-0.2, 0) is 9.53 Å². The Morgan fingerprint density at radius 2 is 1.58 bits per heavy atom. The normalized spacial score (nSPS) is 19.8. The van der Waals surface area contributed by atoms with Crippen molar-refractivity contribution in [2.24, 2.45) is 0 Å². The first-order valence-corrected chi connectivity index (χ1v) is 13.2. The van der Waals surface area contributed by atoms with Crippen LogP contribution in [0.5, 0.6) is 17.2 Å². The monoisotopic (exact) mass is 525 g/mol. The van der Waals surface area contributed by atoms with Gasteiger partial charge in [-0.3, -0.25) is 14.5 Å². The maximum atomic E-state index is 14.4. The van der Waals surface area contributed by atoms with Crippen LogP contribution < -0.4 is 14.2 Å². The summed E-state index contributed by atoms with van der Waals surface area (Å²) < 4.78 is 22.0. The zero-order valence-electron chi connectivity index (χ0n) is 23.1. The molecule has 0 aliphatic carbocycles. The van der Waals surface area contributed by atoms with Crippen molar-refractivity contribution in [1.29, 1.82) is 0 Å². The molecule has 0 radical (unpaired) electrons. The number of ether oxygens (including phenoxy) is 4. The van der Waals surface area contributed by atoms with Crippen LogP contribution in [0.4, 0.5) is 0 Å². The first kappa shape index (κ1) is 27.7. The van der Waals surface area contributed by atoms with Gasteiger partial charge in [-0.25, -0.2) is 0 Å². The average molecular weight is 526 g/mol. The van der Waals surface area contributed by atoms with E-state index in [1.807, 2.05) is 53.1 Å². The molecular formula is C29H39N3O6. The van der Waals surface area contributed by atoms with Crippen molar-refractivity contribution in [3.63, 3.8) is 0 Å². The molecule has 9 nitrogen and oxygen atoms in total. The fraction of sp³-hybridized carbons (Fsp3) is 0.517. The average Bonchev–Trinajstić information content (AvgIpc) is 2.96. The van der Waals surface area contributed by atoms with Gasteiger partial charge in [0.25, 0.3) is 5.91 Å². The van der Waals surface area contributed by atoms with E-state index in [9.17, 15) is 9.59 Å². The van der Waals surface area contributed by atoms with Gasteiger partial charge in [0.1, 0.15) is 0 Å². The number of benzene rings is 2. The van der Waals surface area contributed by atoms with Gasteiger partial charge in [0.15, 0.2) is 11.5 Å². The topological polar surface area (TPSA) is 80.8 Å². The highest BCUT2D eigenvalue weighted by Gasteiger charge is 2.46. The Balaban J connectivity index is 1.80. The maximum Gasteiger partial charge on any atom is 0.254 e. The molecule has 206 valence electrons. The molecule has 1 fully saturated rings. The molecule has 0 N–H and O–H groups in total. The van der Waals surface area contributed by atoms with Gasteiger partial charge in [-0.15, -0.1) is 0 Å². The minimum absolute atomic E-state index is 0.0243. The van der Waals surface area contributed by atoms with Crippen molar-refractivity contribution in [1.82, 2.24) is 14.7 Å². The number of hydrogen-bond donors (Lipinski definition) is 0. The molecule has 2 aliphatic heterocycles. The second kappa shape index (κ2) is 12.5. The lowest BCUT2D eigenvalue weighted by Crippen LogP contribution is -2.53. The van der Waals surface area contributed by atoms with E-state index >= 15 is 0 Å². The first-order valence-electron chi connectivity index (χ1n) is 13.2. The minimum Gasteiger partial charge on any atom is -0.493 e. The van der Waals surface area contributed by atoms with Gasteiger partial charge in [0, 0.05) is 51.9 Å². The zero-order valence-corrected chi connectivity index (χ0v) is 23.1. The summed E-state index contributed by atoms with van der Waals surface area (Å²) in [5.41, 5.74) is 2.12. The molecule has 0 bridgehead atoms. The highest BCUT2D eigenvalue weighted by atomic mass is 16.5. The zero-order chi connectivity index (χ0) is 27.2. The number of rotatable bonds is 10.